The van der Waals surface area contributed by atoms with Gasteiger partial charge in [0, 0.05) is 19.1 Å². The minimum Gasteiger partial charge on any atom is -0.389 e. The van der Waals surface area contributed by atoms with E-state index in [0.29, 0.717) is 6.04 Å². The van der Waals surface area contributed by atoms with Gasteiger partial charge in [-0.2, -0.15) is 0 Å². The molecule has 1 saturated heterocycles. The van der Waals surface area contributed by atoms with E-state index in [9.17, 15) is 5.11 Å². The van der Waals surface area contributed by atoms with Crippen molar-refractivity contribution in [2.45, 2.75) is 57.6 Å². The minimum absolute atomic E-state index is 0.366. The first kappa shape index (κ1) is 13.3. The van der Waals surface area contributed by atoms with Crippen molar-refractivity contribution in [3.63, 3.8) is 0 Å². The summed E-state index contributed by atoms with van der Waals surface area (Å²) in [6.07, 6.45) is 5.66. The molecule has 0 radical (unpaired) electrons. The average molecular weight is 240 g/mol. The fourth-order valence-corrected chi connectivity index (χ4v) is 2.93. The van der Waals surface area contributed by atoms with Crippen molar-refractivity contribution in [3.05, 3.63) is 0 Å². The van der Waals surface area contributed by atoms with Gasteiger partial charge in [-0.1, -0.05) is 13.8 Å². The summed E-state index contributed by atoms with van der Waals surface area (Å²) >= 11 is 0. The van der Waals surface area contributed by atoms with Gasteiger partial charge >= 0.3 is 0 Å². The fourth-order valence-electron chi connectivity index (χ4n) is 2.93. The number of aliphatic hydroxyl groups is 1. The Morgan fingerprint density at radius 1 is 1.29 bits per heavy atom. The molecule has 0 aromatic carbocycles. The van der Waals surface area contributed by atoms with Gasteiger partial charge < -0.3 is 15.3 Å². The second kappa shape index (κ2) is 5.68. The smallest absolute Gasteiger partial charge is 0.0771 e. The zero-order chi connectivity index (χ0) is 12.3. The van der Waals surface area contributed by atoms with E-state index in [1.807, 2.05) is 0 Å². The minimum atomic E-state index is -0.366. The Hall–Kier alpha value is -0.120. The van der Waals surface area contributed by atoms with Crippen LogP contribution < -0.4 is 5.32 Å². The van der Waals surface area contributed by atoms with Gasteiger partial charge in [0.15, 0.2) is 0 Å². The lowest BCUT2D eigenvalue weighted by molar-refractivity contribution is -0.0346. The fraction of sp³-hybridized carbons (Fsp3) is 1.00. The van der Waals surface area contributed by atoms with Crippen molar-refractivity contribution in [1.29, 1.82) is 0 Å². The van der Waals surface area contributed by atoms with Crippen molar-refractivity contribution in [2.24, 2.45) is 5.92 Å². The summed E-state index contributed by atoms with van der Waals surface area (Å²) in [5, 5.41) is 13.6. The molecule has 100 valence electrons. The van der Waals surface area contributed by atoms with Crippen LogP contribution in [0.5, 0.6) is 0 Å². The van der Waals surface area contributed by atoms with Gasteiger partial charge in [0.05, 0.1) is 5.60 Å². The first-order chi connectivity index (χ1) is 8.07. The lowest BCUT2D eigenvalue weighted by atomic mass is 9.80. The van der Waals surface area contributed by atoms with Crippen LogP contribution in [0.25, 0.3) is 0 Å². The maximum Gasteiger partial charge on any atom is 0.0771 e. The number of nitrogens with one attached hydrogen (secondary N) is 1. The van der Waals surface area contributed by atoms with Crippen LogP contribution in [0.3, 0.4) is 0 Å². The summed E-state index contributed by atoms with van der Waals surface area (Å²) in [5.74, 6) is 0.773. The van der Waals surface area contributed by atoms with Crippen molar-refractivity contribution < 1.29 is 5.11 Å². The van der Waals surface area contributed by atoms with Gasteiger partial charge in [-0.25, -0.2) is 0 Å². The van der Waals surface area contributed by atoms with Crippen LogP contribution >= 0.6 is 0 Å². The maximum absolute atomic E-state index is 10.0. The number of hydrogen-bond acceptors (Lipinski definition) is 3. The Morgan fingerprint density at radius 3 is 2.41 bits per heavy atom. The topological polar surface area (TPSA) is 35.5 Å². The second-order valence-electron chi connectivity index (χ2n) is 6.43. The molecule has 0 unspecified atom stereocenters. The highest BCUT2D eigenvalue weighted by molar-refractivity contribution is 4.91. The Kier molecular flexibility index (Phi) is 4.45. The van der Waals surface area contributed by atoms with Crippen LogP contribution in [-0.4, -0.2) is 47.8 Å². The monoisotopic (exact) mass is 240 g/mol. The van der Waals surface area contributed by atoms with Crippen molar-refractivity contribution >= 4 is 0 Å². The van der Waals surface area contributed by atoms with Crippen LogP contribution in [0.2, 0.25) is 0 Å². The molecule has 0 bridgehead atoms. The standard InChI is InChI=1S/C14H28N2O/c1-12(2)10-16-8-4-13(5-9-16)15-11-14(17)6-3-7-14/h12-13,15,17H,3-11H2,1-2H3. The van der Waals surface area contributed by atoms with Gasteiger partial charge in [-0.15, -0.1) is 0 Å². The maximum atomic E-state index is 10.0. The molecule has 1 aliphatic heterocycles. The first-order valence-corrected chi connectivity index (χ1v) is 7.25. The predicted octanol–water partition coefficient (Wildman–Crippen LogP) is 1.61. The van der Waals surface area contributed by atoms with Crippen molar-refractivity contribution in [3.8, 4) is 0 Å². The second-order valence-corrected chi connectivity index (χ2v) is 6.43. The summed E-state index contributed by atoms with van der Waals surface area (Å²) < 4.78 is 0. The van der Waals surface area contributed by atoms with Crippen LogP contribution in [0.15, 0.2) is 0 Å². The molecule has 2 N–H and O–H groups in total. The van der Waals surface area contributed by atoms with Crippen molar-refractivity contribution in [1.82, 2.24) is 10.2 Å². The average Bonchev–Trinajstić information content (AvgIpc) is 2.25. The highest BCUT2D eigenvalue weighted by Gasteiger charge is 2.34. The molecule has 0 aromatic rings. The SMILES string of the molecule is CC(C)CN1CCC(NCC2(O)CCC2)CC1. The van der Waals surface area contributed by atoms with Crippen LogP contribution in [0, 0.1) is 5.92 Å². The Morgan fingerprint density at radius 2 is 1.94 bits per heavy atom. The summed E-state index contributed by atoms with van der Waals surface area (Å²) in [7, 11) is 0. The molecule has 1 saturated carbocycles. The van der Waals surface area contributed by atoms with E-state index in [1.54, 1.807) is 0 Å². The van der Waals surface area contributed by atoms with E-state index in [2.05, 4.69) is 24.1 Å². The number of piperidine rings is 1. The molecular weight excluding hydrogens is 212 g/mol. The zero-order valence-electron chi connectivity index (χ0n) is 11.4. The Balaban J connectivity index is 1.62. The molecule has 0 atom stereocenters. The van der Waals surface area contributed by atoms with E-state index >= 15 is 0 Å². The first-order valence-electron chi connectivity index (χ1n) is 7.25. The lowest BCUT2D eigenvalue weighted by Gasteiger charge is -2.39. The summed E-state index contributed by atoms with van der Waals surface area (Å²) in [6.45, 7) is 9.05. The van der Waals surface area contributed by atoms with Crippen molar-refractivity contribution in [2.75, 3.05) is 26.2 Å². The molecule has 0 aromatic heterocycles. The van der Waals surface area contributed by atoms with Gasteiger partial charge in [0.25, 0.3) is 0 Å². The van der Waals surface area contributed by atoms with E-state index in [1.165, 1.54) is 38.9 Å². The number of rotatable bonds is 5. The zero-order valence-corrected chi connectivity index (χ0v) is 11.4. The van der Waals surface area contributed by atoms with Crippen LogP contribution in [0.1, 0.15) is 46.0 Å². The van der Waals surface area contributed by atoms with E-state index in [0.717, 1.165) is 25.3 Å². The normalized spacial score (nSPS) is 26.1. The molecule has 0 amide bonds. The van der Waals surface area contributed by atoms with Gasteiger partial charge in [-0.05, 0) is 51.1 Å². The molecule has 2 aliphatic rings. The molecule has 3 nitrogen and oxygen atoms in total. The quantitative estimate of drug-likeness (QED) is 0.766. The largest absolute Gasteiger partial charge is 0.389 e. The third-order valence-electron chi connectivity index (χ3n) is 4.21. The molecule has 0 spiro atoms. The molecule has 2 rings (SSSR count). The Bertz CT molecular complexity index is 230. The number of hydrogen-bond donors (Lipinski definition) is 2. The molecule has 1 aliphatic carbocycles. The van der Waals surface area contributed by atoms with Gasteiger partial charge in [-0.3, -0.25) is 0 Å². The number of likely N-dealkylation sites (tertiary alicyclic amines) is 1. The molecule has 1 heterocycles. The molecular formula is C14H28N2O. The summed E-state index contributed by atoms with van der Waals surface area (Å²) in [4.78, 5) is 2.57. The molecule has 3 heteroatoms. The third kappa shape index (κ3) is 3.94. The van der Waals surface area contributed by atoms with Gasteiger partial charge in [0.2, 0.25) is 0 Å². The van der Waals surface area contributed by atoms with E-state index in [-0.39, 0.29) is 5.60 Å². The molecule has 2 fully saturated rings. The van der Waals surface area contributed by atoms with E-state index < -0.39 is 0 Å². The summed E-state index contributed by atoms with van der Waals surface area (Å²) in [5.41, 5.74) is -0.366. The molecule has 17 heavy (non-hydrogen) atoms. The van der Waals surface area contributed by atoms with Crippen LogP contribution in [0.4, 0.5) is 0 Å². The van der Waals surface area contributed by atoms with E-state index in [4.69, 9.17) is 0 Å². The highest BCUT2D eigenvalue weighted by Crippen LogP contribution is 2.31. The third-order valence-corrected chi connectivity index (χ3v) is 4.21. The lowest BCUT2D eigenvalue weighted by Crippen LogP contribution is -2.51. The summed E-state index contributed by atoms with van der Waals surface area (Å²) in [6, 6.07) is 0.628. The van der Waals surface area contributed by atoms with Crippen LogP contribution in [-0.2, 0) is 0 Å². The highest BCUT2D eigenvalue weighted by atomic mass is 16.3. The number of nitrogens with zero attached hydrogens (tertiary/aromatic N) is 1. The van der Waals surface area contributed by atoms with Gasteiger partial charge in [0.1, 0.15) is 0 Å². The predicted molar refractivity (Wildman–Crippen MR) is 71.1 cm³/mol. The Labute approximate surface area is 106 Å².